The van der Waals surface area contributed by atoms with Crippen molar-refractivity contribution in [1.82, 2.24) is 20.6 Å². The van der Waals surface area contributed by atoms with Gasteiger partial charge >= 0.3 is 5.69 Å². The highest BCUT2D eigenvalue weighted by Crippen LogP contribution is 2.16. The Morgan fingerprint density at radius 3 is 2.58 bits per heavy atom. The lowest BCUT2D eigenvalue weighted by Crippen LogP contribution is -2.30. The average molecular weight is 377 g/mol. The molecule has 1 aromatic carbocycles. The zero-order valence-electron chi connectivity index (χ0n) is 14.5. The van der Waals surface area contributed by atoms with Gasteiger partial charge in [0.2, 0.25) is 0 Å². The van der Waals surface area contributed by atoms with Gasteiger partial charge in [0.1, 0.15) is 5.75 Å². The highest BCUT2D eigenvalue weighted by molar-refractivity contribution is 8.00. The minimum atomic E-state index is -0.703. The molecule has 0 saturated heterocycles. The van der Waals surface area contributed by atoms with E-state index in [0.717, 1.165) is 23.1 Å². The maximum Gasteiger partial charge on any atom is 0.342 e. The van der Waals surface area contributed by atoms with Gasteiger partial charge in [-0.1, -0.05) is 11.8 Å². The van der Waals surface area contributed by atoms with E-state index in [0.29, 0.717) is 0 Å². The summed E-state index contributed by atoms with van der Waals surface area (Å²) in [5.74, 6) is 0.350. The number of benzene rings is 1. The van der Waals surface area contributed by atoms with Crippen molar-refractivity contribution in [3.05, 3.63) is 50.7 Å². The van der Waals surface area contributed by atoms with Gasteiger partial charge in [0.05, 0.1) is 17.6 Å². The van der Waals surface area contributed by atoms with Gasteiger partial charge in [-0.25, -0.2) is 15.3 Å². The van der Waals surface area contributed by atoms with Crippen molar-refractivity contribution in [3.63, 3.8) is 0 Å². The molecular formula is C16H19N5O4S. The number of rotatable bonds is 7. The number of amides is 1. The van der Waals surface area contributed by atoms with Crippen LogP contribution in [0.2, 0.25) is 0 Å². The topological polar surface area (TPSA) is 129 Å². The molecule has 0 spiro atoms. The monoisotopic (exact) mass is 377 g/mol. The van der Waals surface area contributed by atoms with E-state index in [9.17, 15) is 14.4 Å². The largest absolute Gasteiger partial charge is 0.491 e. The number of aromatic amines is 2. The van der Waals surface area contributed by atoms with Crippen LogP contribution in [-0.2, 0) is 4.79 Å². The molecule has 26 heavy (non-hydrogen) atoms. The van der Waals surface area contributed by atoms with Crippen LogP contribution in [0.25, 0.3) is 0 Å². The highest BCUT2D eigenvalue weighted by atomic mass is 32.2. The molecule has 0 aliphatic carbocycles. The number of aromatic nitrogens is 3. The number of hydrazone groups is 1. The first-order chi connectivity index (χ1) is 12.3. The summed E-state index contributed by atoms with van der Waals surface area (Å²) in [4.78, 5) is 36.5. The maximum absolute atomic E-state index is 12.0. The quantitative estimate of drug-likeness (QED) is 0.373. The Balaban J connectivity index is 1.89. The van der Waals surface area contributed by atoms with E-state index < -0.39 is 22.4 Å². The number of H-pyrrole nitrogens is 2. The minimum absolute atomic E-state index is 0.00280. The first kappa shape index (κ1) is 19.4. The lowest BCUT2D eigenvalue weighted by Gasteiger charge is -2.09. The predicted molar refractivity (Wildman–Crippen MR) is 98.7 cm³/mol. The molecular weight excluding hydrogens is 358 g/mol. The summed E-state index contributed by atoms with van der Waals surface area (Å²) in [6.45, 7) is 5.49. The van der Waals surface area contributed by atoms with Crippen molar-refractivity contribution in [3.8, 4) is 5.75 Å². The van der Waals surface area contributed by atoms with E-state index in [1.807, 2.05) is 43.1 Å². The molecule has 0 bridgehead atoms. The fourth-order valence-electron chi connectivity index (χ4n) is 1.80. The molecule has 0 aliphatic rings. The predicted octanol–water partition coefficient (Wildman–Crippen LogP) is 0.876. The molecule has 1 unspecified atom stereocenters. The van der Waals surface area contributed by atoms with E-state index in [1.165, 1.54) is 6.21 Å². The summed E-state index contributed by atoms with van der Waals surface area (Å²) in [6.07, 6.45) is 1.59. The number of ether oxygens (including phenoxy) is 1. The third-order valence-corrected chi connectivity index (χ3v) is 4.05. The van der Waals surface area contributed by atoms with Crippen LogP contribution in [0.3, 0.4) is 0 Å². The summed E-state index contributed by atoms with van der Waals surface area (Å²) < 4.78 is 5.54. The summed E-state index contributed by atoms with van der Waals surface area (Å²) in [7, 11) is 0. The summed E-state index contributed by atoms with van der Waals surface area (Å²) in [6, 6.07) is 7.26. The Kier molecular flexibility index (Phi) is 6.73. The number of carbonyl (C=O) groups excluding carboxylic acids is 1. The molecule has 138 valence electrons. The van der Waals surface area contributed by atoms with Gasteiger partial charge in [-0.3, -0.25) is 14.6 Å². The molecule has 2 aromatic rings. The molecule has 10 heteroatoms. The number of thioether (sulfide) groups is 1. The zero-order valence-corrected chi connectivity index (χ0v) is 15.3. The lowest BCUT2D eigenvalue weighted by molar-refractivity contribution is -0.120. The van der Waals surface area contributed by atoms with Crippen LogP contribution in [-0.4, -0.2) is 38.7 Å². The second kappa shape index (κ2) is 8.99. The number of hydrogen-bond donors (Lipinski definition) is 3. The molecule has 0 radical (unpaired) electrons. The van der Waals surface area contributed by atoms with Crippen LogP contribution in [0, 0.1) is 0 Å². The molecule has 0 saturated carbocycles. The Bertz CT molecular complexity index is 889. The molecule has 1 amide bonds. The molecule has 1 aromatic heterocycles. The van der Waals surface area contributed by atoms with E-state index in [1.54, 1.807) is 6.92 Å². The molecule has 3 N–H and O–H groups in total. The lowest BCUT2D eigenvalue weighted by atomic mass is 10.2. The van der Waals surface area contributed by atoms with Crippen LogP contribution in [0.5, 0.6) is 5.75 Å². The van der Waals surface area contributed by atoms with Crippen molar-refractivity contribution < 1.29 is 9.53 Å². The van der Waals surface area contributed by atoms with Crippen LogP contribution >= 0.6 is 11.8 Å². The summed E-state index contributed by atoms with van der Waals surface area (Å²) >= 11 is 0.913. The van der Waals surface area contributed by atoms with Gasteiger partial charge < -0.3 is 4.74 Å². The second-order valence-electron chi connectivity index (χ2n) is 5.54. The smallest absolute Gasteiger partial charge is 0.342 e. The third kappa shape index (κ3) is 5.88. The number of nitrogens with one attached hydrogen (secondary N) is 3. The van der Waals surface area contributed by atoms with Crippen LogP contribution in [0.4, 0.5) is 0 Å². The zero-order chi connectivity index (χ0) is 19.1. The number of hydrogen-bond acceptors (Lipinski definition) is 7. The van der Waals surface area contributed by atoms with Crippen LogP contribution in [0.15, 0.2) is 44.0 Å². The molecule has 0 fully saturated rings. The fraction of sp³-hybridized carbons (Fsp3) is 0.312. The van der Waals surface area contributed by atoms with Gasteiger partial charge in [-0.15, -0.1) is 0 Å². The third-order valence-electron chi connectivity index (χ3n) is 2.98. The SMILES string of the molecule is CC(C)Oc1ccc(/C=N/NC(=O)C(C)Sc2n[nH]c(=O)[nH]c2=O)cc1. The van der Waals surface area contributed by atoms with Crippen molar-refractivity contribution in [1.29, 1.82) is 0 Å². The van der Waals surface area contributed by atoms with E-state index in [-0.39, 0.29) is 11.1 Å². The average Bonchev–Trinajstić information content (AvgIpc) is 2.58. The van der Waals surface area contributed by atoms with E-state index in [2.05, 4.69) is 20.7 Å². The normalized spacial score (nSPS) is 12.3. The molecule has 1 atom stereocenters. The van der Waals surface area contributed by atoms with Crippen molar-refractivity contribution >= 4 is 23.9 Å². The van der Waals surface area contributed by atoms with Crippen LogP contribution in [0.1, 0.15) is 26.3 Å². The van der Waals surface area contributed by atoms with Gasteiger partial charge in [0.15, 0.2) is 5.03 Å². The van der Waals surface area contributed by atoms with Gasteiger partial charge in [-0.2, -0.15) is 10.2 Å². The maximum atomic E-state index is 12.0. The standard InChI is InChI=1S/C16H19N5O4S/c1-9(2)25-12-6-4-11(5-7-12)8-17-19-13(22)10(3)26-15-14(23)18-16(24)21-20-15/h4-10H,1-3H3,(H,19,22)(H2,18,21,23,24)/b17-8+. The van der Waals surface area contributed by atoms with Gasteiger partial charge in [0, 0.05) is 0 Å². The van der Waals surface area contributed by atoms with Crippen molar-refractivity contribution in [2.45, 2.75) is 37.2 Å². The van der Waals surface area contributed by atoms with Crippen molar-refractivity contribution in [2.75, 3.05) is 0 Å². The Hall–Kier alpha value is -2.88. The first-order valence-corrected chi connectivity index (χ1v) is 8.68. The Labute approximate surface area is 153 Å². The molecule has 0 aliphatic heterocycles. The second-order valence-corrected chi connectivity index (χ2v) is 6.87. The molecule has 2 rings (SSSR count). The Morgan fingerprint density at radius 1 is 1.27 bits per heavy atom. The summed E-state index contributed by atoms with van der Waals surface area (Å²) in [5, 5.41) is 8.98. The fourth-order valence-corrected chi connectivity index (χ4v) is 2.55. The Morgan fingerprint density at radius 2 is 1.96 bits per heavy atom. The molecule has 1 heterocycles. The van der Waals surface area contributed by atoms with E-state index in [4.69, 9.17) is 4.74 Å². The highest BCUT2D eigenvalue weighted by Gasteiger charge is 2.16. The minimum Gasteiger partial charge on any atom is -0.491 e. The summed E-state index contributed by atoms with van der Waals surface area (Å²) in [5.41, 5.74) is 1.84. The van der Waals surface area contributed by atoms with Gasteiger partial charge in [0.25, 0.3) is 11.5 Å². The van der Waals surface area contributed by atoms with Crippen LogP contribution < -0.4 is 21.4 Å². The number of carbonyl (C=O) groups is 1. The molecule has 9 nitrogen and oxygen atoms in total. The van der Waals surface area contributed by atoms with E-state index >= 15 is 0 Å². The van der Waals surface area contributed by atoms with Crippen molar-refractivity contribution in [2.24, 2.45) is 5.10 Å². The number of nitrogens with zero attached hydrogens (tertiary/aromatic N) is 2. The first-order valence-electron chi connectivity index (χ1n) is 7.80. The van der Waals surface area contributed by atoms with Gasteiger partial charge in [-0.05, 0) is 50.6 Å².